The van der Waals surface area contributed by atoms with Gasteiger partial charge in [0.2, 0.25) is 5.72 Å². The van der Waals surface area contributed by atoms with E-state index in [-0.39, 0.29) is 5.72 Å². The zero-order valence-electron chi connectivity index (χ0n) is 12.3. The van der Waals surface area contributed by atoms with E-state index in [1.54, 1.807) is 0 Å². The van der Waals surface area contributed by atoms with Crippen LogP contribution in [-0.2, 0) is 4.84 Å². The average molecular weight is 294 g/mol. The first-order chi connectivity index (χ1) is 10.8. The first-order valence-electron chi connectivity index (χ1n) is 7.94. The second-order valence-corrected chi connectivity index (χ2v) is 6.51. The summed E-state index contributed by atoms with van der Waals surface area (Å²) in [6.45, 7) is 3.28. The van der Waals surface area contributed by atoms with E-state index in [0.29, 0.717) is 5.92 Å². The van der Waals surface area contributed by atoms with Gasteiger partial charge < -0.3 is 10.2 Å². The highest BCUT2D eigenvalue weighted by molar-refractivity contribution is 6.00. The van der Waals surface area contributed by atoms with E-state index in [2.05, 4.69) is 38.6 Å². The van der Waals surface area contributed by atoms with Gasteiger partial charge in [-0.2, -0.15) is 0 Å². The molecule has 5 heterocycles. The molecule has 3 saturated heterocycles. The highest BCUT2D eigenvalue weighted by atomic mass is 16.7. The van der Waals surface area contributed by atoms with Crippen molar-refractivity contribution in [2.45, 2.75) is 18.6 Å². The number of nitrogens with one attached hydrogen (secondary N) is 1. The van der Waals surface area contributed by atoms with Crippen LogP contribution in [0.4, 0.5) is 0 Å². The van der Waals surface area contributed by atoms with Crippen LogP contribution >= 0.6 is 0 Å². The number of hydrogen-bond donors (Lipinski definition) is 1. The Labute approximate surface area is 129 Å². The minimum Gasteiger partial charge on any atom is -0.364 e. The van der Waals surface area contributed by atoms with E-state index in [0.717, 1.165) is 23.5 Å². The van der Waals surface area contributed by atoms with Crippen molar-refractivity contribution in [3.63, 3.8) is 0 Å². The Kier molecular flexibility index (Phi) is 2.50. The molecule has 0 radical (unpaired) electrons. The Hall–Kier alpha value is -2.14. The van der Waals surface area contributed by atoms with Gasteiger partial charge in [-0.05, 0) is 37.4 Å². The Morgan fingerprint density at radius 3 is 2.77 bits per heavy atom. The van der Waals surface area contributed by atoms with Gasteiger partial charge in [0, 0.05) is 17.5 Å². The van der Waals surface area contributed by atoms with Crippen molar-refractivity contribution in [3.05, 3.63) is 42.2 Å². The maximum atomic E-state index is 5.89. The molecular weight excluding hydrogens is 276 g/mol. The number of nitrogens with zero attached hydrogens (tertiary/aromatic N) is 3. The van der Waals surface area contributed by atoms with E-state index in [9.17, 15) is 0 Å². The van der Waals surface area contributed by atoms with E-state index in [1.807, 2.05) is 18.3 Å². The summed E-state index contributed by atoms with van der Waals surface area (Å²) in [4.78, 5) is 12.9. The lowest BCUT2D eigenvalue weighted by Crippen LogP contribution is -2.65. The topological polar surface area (TPSA) is 49.8 Å². The summed E-state index contributed by atoms with van der Waals surface area (Å²) in [5, 5.41) is 10.2. The Morgan fingerprint density at radius 1 is 1.18 bits per heavy atom. The molecule has 1 aromatic carbocycles. The molecule has 6 rings (SSSR count). The minimum absolute atomic E-state index is 0.334. The molecule has 2 bridgehead atoms. The van der Waals surface area contributed by atoms with Gasteiger partial charge in [0.15, 0.2) is 5.84 Å². The van der Waals surface area contributed by atoms with Gasteiger partial charge in [0.05, 0.1) is 6.54 Å². The van der Waals surface area contributed by atoms with Crippen LogP contribution in [0.2, 0.25) is 0 Å². The number of fused-ring (bicyclic) bond motifs is 3. The third kappa shape index (κ3) is 1.75. The van der Waals surface area contributed by atoms with E-state index >= 15 is 0 Å². The van der Waals surface area contributed by atoms with Crippen LogP contribution in [-0.4, -0.2) is 41.1 Å². The third-order valence-electron chi connectivity index (χ3n) is 5.21. The molecule has 5 heteroatoms. The number of oxime groups is 1. The number of aromatic nitrogens is 1. The van der Waals surface area contributed by atoms with Crippen molar-refractivity contribution in [2.75, 3.05) is 19.6 Å². The number of hydrogen-bond acceptors (Lipinski definition) is 5. The summed E-state index contributed by atoms with van der Waals surface area (Å²) in [7, 11) is 0. The summed E-state index contributed by atoms with van der Waals surface area (Å²) >= 11 is 0. The second-order valence-electron chi connectivity index (χ2n) is 6.51. The highest BCUT2D eigenvalue weighted by Gasteiger charge is 2.52. The number of amidine groups is 1. The predicted octanol–water partition coefficient (Wildman–Crippen LogP) is 1.94. The molecule has 5 nitrogen and oxygen atoms in total. The van der Waals surface area contributed by atoms with Gasteiger partial charge in [0.25, 0.3) is 0 Å². The highest BCUT2D eigenvalue weighted by Crippen LogP contribution is 2.38. The van der Waals surface area contributed by atoms with Crippen molar-refractivity contribution in [1.29, 1.82) is 0 Å². The van der Waals surface area contributed by atoms with Crippen LogP contribution in [0.25, 0.3) is 10.8 Å². The quantitative estimate of drug-likeness (QED) is 0.873. The van der Waals surface area contributed by atoms with Gasteiger partial charge in [-0.15, -0.1) is 0 Å². The summed E-state index contributed by atoms with van der Waals surface area (Å²) in [6.07, 6.45) is 4.26. The first kappa shape index (κ1) is 12.4. The monoisotopic (exact) mass is 294 g/mol. The Morgan fingerprint density at radius 2 is 2.00 bits per heavy atom. The molecule has 2 aromatic rings. The van der Waals surface area contributed by atoms with Crippen LogP contribution in [0, 0.1) is 5.92 Å². The van der Waals surface area contributed by atoms with E-state index < -0.39 is 0 Å². The smallest absolute Gasteiger partial charge is 0.224 e. The lowest BCUT2D eigenvalue weighted by molar-refractivity contribution is -0.148. The lowest BCUT2D eigenvalue weighted by Gasteiger charge is -2.49. The first-order valence-corrected chi connectivity index (χ1v) is 7.94. The number of piperidine rings is 3. The molecule has 0 unspecified atom stereocenters. The summed E-state index contributed by atoms with van der Waals surface area (Å²) in [5.74, 6) is 1.30. The fourth-order valence-electron chi connectivity index (χ4n) is 3.96. The molecule has 1 N–H and O–H groups in total. The van der Waals surface area contributed by atoms with Crippen LogP contribution < -0.4 is 5.32 Å². The zero-order valence-corrected chi connectivity index (χ0v) is 12.3. The molecular formula is C17H18N4O. The zero-order chi connectivity index (χ0) is 14.6. The van der Waals surface area contributed by atoms with Crippen LogP contribution in [0.5, 0.6) is 0 Å². The van der Waals surface area contributed by atoms with Crippen molar-refractivity contribution in [2.24, 2.45) is 11.1 Å². The average Bonchev–Trinajstić information content (AvgIpc) is 2.99. The molecule has 112 valence electrons. The van der Waals surface area contributed by atoms with Crippen LogP contribution in [0.15, 0.2) is 41.7 Å². The predicted molar refractivity (Wildman–Crippen MR) is 84.4 cm³/mol. The van der Waals surface area contributed by atoms with Gasteiger partial charge in [-0.1, -0.05) is 29.4 Å². The van der Waals surface area contributed by atoms with Crippen molar-refractivity contribution < 1.29 is 4.84 Å². The number of pyridine rings is 1. The van der Waals surface area contributed by atoms with Gasteiger partial charge in [0.1, 0.15) is 5.69 Å². The number of benzene rings is 1. The molecule has 0 saturated carbocycles. The molecule has 0 amide bonds. The van der Waals surface area contributed by atoms with Crippen molar-refractivity contribution >= 4 is 16.6 Å². The Balaban J connectivity index is 1.46. The fourth-order valence-corrected chi connectivity index (χ4v) is 3.96. The molecule has 1 atom stereocenters. The maximum absolute atomic E-state index is 5.89. The normalized spacial score (nSPS) is 32.8. The van der Waals surface area contributed by atoms with Crippen molar-refractivity contribution in [1.82, 2.24) is 15.2 Å². The number of rotatable bonds is 1. The van der Waals surface area contributed by atoms with Gasteiger partial charge in [-0.3, -0.25) is 9.88 Å². The maximum Gasteiger partial charge on any atom is 0.224 e. The van der Waals surface area contributed by atoms with E-state index in [4.69, 9.17) is 4.84 Å². The van der Waals surface area contributed by atoms with Gasteiger partial charge >= 0.3 is 0 Å². The molecule has 4 aliphatic rings. The summed E-state index contributed by atoms with van der Waals surface area (Å²) < 4.78 is 0. The SMILES string of the molecule is c1ccc2cc(C3=NO[C@]4(CN5CCC4CC5)N3)ncc2c1. The fraction of sp³-hybridized carbons (Fsp3) is 0.412. The van der Waals surface area contributed by atoms with Gasteiger partial charge in [-0.25, -0.2) is 0 Å². The lowest BCUT2D eigenvalue weighted by atomic mass is 9.81. The molecule has 4 aliphatic heterocycles. The largest absolute Gasteiger partial charge is 0.364 e. The summed E-state index contributed by atoms with van der Waals surface area (Å²) in [5.41, 5.74) is 0.520. The minimum atomic E-state index is -0.334. The Bertz CT molecular complexity index is 766. The molecule has 3 fully saturated rings. The molecule has 0 aliphatic carbocycles. The standard InChI is InChI=1S/C17H18N4O/c1-2-4-13-10-18-15(9-12(13)3-1)16-19-17(22-20-16)11-21-7-5-14(17)6-8-21/h1-4,9-10,14H,5-8,11H2,(H,19,20)/t17-/m0/s1. The molecule has 1 aromatic heterocycles. The molecule has 22 heavy (non-hydrogen) atoms. The third-order valence-corrected chi connectivity index (χ3v) is 5.21. The summed E-state index contributed by atoms with van der Waals surface area (Å²) in [6, 6.07) is 10.3. The second kappa shape index (κ2) is 4.43. The van der Waals surface area contributed by atoms with Crippen LogP contribution in [0.1, 0.15) is 18.5 Å². The van der Waals surface area contributed by atoms with E-state index in [1.165, 1.54) is 31.3 Å². The van der Waals surface area contributed by atoms with Crippen LogP contribution in [0.3, 0.4) is 0 Å². The van der Waals surface area contributed by atoms with Crippen molar-refractivity contribution in [3.8, 4) is 0 Å². The molecule has 1 spiro atoms.